The zero-order chi connectivity index (χ0) is 14.2. The first-order valence-electron chi connectivity index (χ1n) is 6.93. The Morgan fingerprint density at radius 2 is 1.48 bits per heavy atom. The normalized spacial score (nSPS) is 11.0. The minimum atomic E-state index is 0.0583. The quantitative estimate of drug-likeness (QED) is 0.478. The van der Waals surface area contributed by atoms with Crippen LogP contribution in [0.2, 0.25) is 0 Å². The van der Waals surface area contributed by atoms with Crippen LogP contribution in [-0.2, 0) is 0 Å². The molecule has 0 amide bonds. The first kappa shape index (κ1) is 11.9. The second-order valence-electron chi connectivity index (χ2n) is 5.06. The van der Waals surface area contributed by atoms with E-state index in [-0.39, 0.29) is 5.43 Å². The van der Waals surface area contributed by atoms with Gasteiger partial charge in [-0.15, -0.1) is 0 Å². The van der Waals surface area contributed by atoms with Gasteiger partial charge < -0.3 is 4.57 Å². The second-order valence-corrected chi connectivity index (χ2v) is 5.06. The molecule has 0 spiro atoms. The Kier molecular flexibility index (Phi) is 2.61. The van der Waals surface area contributed by atoms with E-state index >= 15 is 0 Å². The number of hydrogen-bond donors (Lipinski definition) is 0. The number of nitrogens with zero attached hydrogens (tertiary/aromatic N) is 1. The van der Waals surface area contributed by atoms with Crippen LogP contribution in [0.25, 0.3) is 27.8 Å². The van der Waals surface area contributed by atoms with Gasteiger partial charge in [-0.3, -0.25) is 4.79 Å². The maximum absolute atomic E-state index is 12.2. The number of benzene rings is 3. The Morgan fingerprint density at radius 3 is 2.33 bits per heavy atom. The van der Waals surface area contributed by atoms with E-state index in [4.69, 9.17) is 0 Å². The molecule has 2 aromatic rings. The van der Waals surface area contributed by atoms with Crippen LogP contribution in [-0.4, -0.2) is 4.57 Å². The van der Waals surface area contributed by atoms with Gasteiger partial charge in [0.2, 0.25) is 0 Å². The number of hydrogen-bond acceptors (Lipinski definition) is 1. The van der Waals surface area contributed by atoms with Crippen molar-refractivity contribution in [2.45, 2.75) is 0 Å². The van der Waals surface area contributed by atoms with Crippen LogP contribution < -0.4 is 5.43 Å². The molecule has 0 saturated heterocycles. The molecule has 0 saturated carbocycles. The fraction of sp³-hybridized carbons (Fsp3) is 0. The third-order valence-corrected chi connectivity index (χ3v) is 3.78. The number of fused-ring (bicyclic) bond motifs is 2. The highest BCUT2D eigenvalue weighted by molar-refractivity contribution is 5.88. The molecular formula is C19H13NO. The molecule has 1 aliphatic heterocycles. The molecule has 2 nitrogen and oxygen atoms in total. The lowest BCUT2D eigenvalue weighted by Crippen LogP contribution is -2.10. The SMILES string of the molecule is O=c1cccc2n(-c3ccccc3)c3ccccc3cc1-2. The van der Waals surface area contributed by atoms with Crippen LogP contribution in [0.4, 0.5) is 0 Å². The number of aromatic nitrogens is 1. The molecule has 1 aliphatic carbocycles. The summed E-state index contributed by atoms with van der Waals surface area (Å²) in [5, 5.41) is 1.07. The van der Waals surface area contributed by atoms with Crippen LogP contribution in [0.3, 0.4) is 0 Å². The fourth-order valence-electron chi connectivity index (χ4n) is 2.83. The van der Waals surface area contributed by atoms with E-state index in [0.717, 1.165) is 27.8 Å². The lowest BCUT2D eigenvalue weighted by molar-refractivity contribution is 1.11. The van der Waals surface area contributed by atoms with Crippen molar-refractivity contribution in [3.63, 3.8) is 0 Å². The van der Waals surface area contributed by atoms with Gasteiger partial charge in [-0.25, -0.2) is 0 Å². The maximum Gasteiger partial charge on any atom is 0.187 e. The van der Waals surface area contributed by atoms with Crippen molar-refractivity contribution in [3.8, 4) is 16.9 Å². The van der Waals surface area contributed by atoms with E-state index in [2.05, 4.69) is 22.8 Å². The lowest BCUT2D eigenvalue weighted by atomic mass is 10.0. The van der Waals surface area contributed by atoms with Crippen LogP contribution >= 0.6 is 0 Å². The molecule has 21 heavy (non-hydrogen) atoms. The number of para-hydroxylation sites is 2. The summed E-state index contributed by atoms with van der Waals surface area (Å²) in [4.78, 5) is 12.2. The van der Waals surface area contributed by atoms with Crippen molar-refractivity contribution in [2.24, 2.45) is 0 Å². The van der Waals surface area contributed by atoms with Gasteiger partial charge in [0, 0.05) is 11.3 Å². The first-order valence-corrected chi connectivity index (χ1v) is 6.93. The molecule has 0 atom stereocenters. The molecule has 2 aromatic carbocycles. The maximum atomic E-state index is 12.2. The smallest absolute Gasteiger partial charge is 0.187 e. The zero-order valence-corrected chi connectivity index (χ0v) is 11.4. The largest absolute Gasteiger partial charge is 0.309 e. The molecule has 0 fully saturated rings. The molecule has 0 aromatic heterocycles. The predicted molar refractivity (Wildman–Crippen MR) is 86.2 cm³/mol. The van der Waals surface area contributed by atoms with E-state index < -0.39 is 0 Å². The van der Waals surface area contributed by atoms with Crippen molar-refractivity contribution in [1.29, 1.82) is 0 Å². The monoisotopic (exact) mass is 271 g/mol. The summed E-state index contributed by atoms with van der Waals surface area (Å²) in [6, 6.07) is 25.7. The molecule has 100 valence electrons. The molecule has 0 radical (unpaired) electrons. The highest BCUT2D eigenvalue weighted by Gasteiger charge is 2.13. The van der Waals surface area contributed by atoms with Gasteiger partial charge in [-0.1, -0.05) is 42.5 Å². The summed E-state index contributed by atoms with van der Waals surface area (Å²) in [5.74, 6) is 0. The molecule has 0 unspecified atom stereocenters. The Morgan fingerprint density at radius 1 is 0.714 bits per heavy atom. The third kappa shape index (κ3) is 1.84. The van der Waals surface area contributed by atoms with Crippen molar-refractivity contribution in [1.82, 2.24) is 4.57 Å². The van der Waals surface area contributed by atoms with Crippen LogP contribution in [0.15, 0.2) is 83.7 Å². The summed E-state index contributed by atoms with van der Waals surface area (Å²) in [6.45, 7) is 0. The number of rotatable bonds is 1. The van der Waals surface area contributed by atoms with E-state index in [0.29, 0.717) is 0 Å². The Balaban J connectivity index is 2.24. The van der Waals surface area contributed by atoms with Gasteiger partial charge >= 0.3 is 0 Å². The van der Waals surface area contributed by atoms with Gasteiger partial charge in [-0.05, 0) is 41.8 Å². The van der Waals surface area contributed by atoms with E-state index in [1.807, 2.05) is 54.6 Å². The van der Waals surface area contributed by atoms with Crippen LogP contribution in [0, 0.1) is 0 Å². The zero-order valence-electron chi connectivity index (χ0n) is 11.4. The lowest BCUT2D eigenvalue weighted by Gasteiger charge is -2.18. The minimum absolute atomic E-state index is 0.0583. The fourth-order valence-corrected chi connectivity index (χ4v) is 2.83. The molecule has 2 heteroatoms. The van der Waals surface area contributed by atoms with Crippen molar-refractivity contribution >= 4 is 10.9 Å². The minimum Gasteiger partial charge on any atom is -0.309 e. The summed E-state index contributed by atoms with van der Waals surface area (Å²) in [6.07, 6.45) is 0. The summed E-state index contributed by atoms with van der Waals surface area (Å²) in [7, 11) is 0. The summed E-state index contributed by atoms with van der Waals surface area (Å²) in [5.41, 5.74) is 3.90. The summed E-state index contributed by atoms with van der Waals surface area (Å²) >= 11 is 0. The van der Waals surface area contributed by atoms with Crippen LogP contribution in [0.5, 0.6) is 0 Å². The molecule has 1 heterocycles. The van der Waals surface area contributed by atoms with Gasteiger partial charge in [-0.2, -0.15) is 0 Å². The second kappa shape index (κ2) is 4.60. The van der Waals surface area contributed by atoms with Gasteiger partial charge in [0.15, 0.2) is 5.43 Å². The van der Waals surface area contributed by atoms with Crippen LogP contribution in [0.1, 0.15) is 0 Å². The molecule has 2 aliphatic rings. The first-order chi connectivity index (χ1) is 10.3. The Hall–Kier alpha value is -2.87. The highest BCUT2D eigenvalue weighted by Crippen LogP contribution is 2.29. The molecular weight excluding hydrogens is 258 g/mol. The average molecular weight is 271 g/mol. The van der Waals surface area contributed by atoms with Gasteiger partial charge in [0.1, 0.15) is 0 Å². The van der Waals surface area contributed by atoms with Crippen molar-refractivity contribution in [2.75, 3.05) is 0 Å². The number of pyridine rings is 1. The van der Waals surface area contributed by atoms with Crippen molar-refractivity contribution in [3.05, 3.63) is 89.1 Å². The van der Waals surface area contributed by atoms with E-state index in [1.54, 1.807) is 6.07 Å². The highest BCUT2D eigenvalue weighted by atomic mass is 16.1. The Labute approximate surface area is 122 Å². The van der Waals surface area contributed by atoms with E-state index in [1.165, 1.54) is 0 Å². The standard InChI is InChI=1S/C19H13NO/c21-19-12-6-11-18-16(19)13-14-7-4-5-10-17(14)20(18)15-8-2-1-3-9-15/h1-13H. The molecule has 0 N–H and O–H groups in total. The molecule has 4 rings (SSSR count). The third-order valence-electron chi connectivity index (χ3n) is 3.78. The topological polar surface area (TPSA) is 22.0 Å². The van der Waals surface area contributed by atoms with Gasteiger partial charge in [0.05, 0.1) is 11.2 Å². The Bertz CT molecular complexity index is 954. The average Bonchev–Trinajstić information content (AvgIpc) is 2.54. The van der Waals surface area contributed by atoms with E-state index in [9.17, 15) is 4.79 Å². The summed E-state index contributed by atoms with van der Waals surface area (Å²) < 4.78 is 2.14. The predicted octanol–water partition coefficient (Wildman–Crippen LogP) is 4.10. The molecule has 0 bridgehead atoms. The van der Waals surface area contributed by atoms with Gasteiger partial charge in [0.25, 0.3) is 0 Å². The van der Waals surface area contributed by atoms with Crippen molar-refractivity contribution < 1.29 is 0 Å².